The lowest BCUT2D eigenvalue weighted by Crippen LogP contribution is -2.17. The molecule has 1 N–H and O–H groups in total. The predicted molar refractivity (Wildman–Crippen MR) is 167 cm³/mol. The minimum atomic E-state index is -0.301. The number of carbonyl (C=O) groups is 1. The Balaban J connectivity index is 1.12. The van der Waals surface area contributed by atoms with Gasteiger partial charge in [0, 0.05) is 28.5 Å². The number of benzene rings is 5. The van der Waals surface area contributed by atoms with Gasteiger partial charge in [-0.2, -0.15) is 10.2 Å². The molecular formula is C36H28N4O2. The number of nitrogens with one attached hydrogen (secondary N) is 1. The first-order chi connectivity index (χ1) is 20.7. The third-order valence-corrected chi connectivity index (χ3v) is 6.76. The fourth-order valence-electron chi connectivity index (χ4n) is 4.60. The van der Waals surface area contributed by atoms with Crippen LogP contribution in [0.25, 0.3) is 28.1 Å². The van der Waals surface area contributed by atoms with Gasteiger partial charge in [0.15, 0.2) is 0 Å². The van der Waals surface area contributed by atoms with E-state index in [1.165, 1.54) is 0 Å². The van der Waals surface area contributed by atoms with Crippen molar-refractivity contribution < 1.29 is 9.53 Å². The van der Waals surface area contributed by atoms with Crippen molar-refractivity contribution in [1.82, 2.24) is 15.2 Å². The van der Waals surface area contributed by atoms with Crippen LogP contribution in [0.4, 0.5) is 0 Å². The highest BCUT2D eigenvalue weighted by molar-refractivity contribution is 5.95. The maximum atomic E-state index is 12.8. The zero-order valence-corrected chi connectivity index (χ0v) is 22.8. The number of hydrogen-bond acceptors (Lipinski definition) is 4. The molecule has 0 radical (unpaired) electrons. The molecule has 0 aliphatic heterocycles. The van der Waals surface area contributed by atoms with Gasteiger partial charge in [-0.05, 0) is 41.5 Å². The van der Waals surface area contributed by atoms with Crippen LogP contribution in [0.3, 0.4) is 0 Å². The summed E-state index contributed by atoms with van der Waals surface area (Å²) in [5.41, 5.74) is 9.70. The third kappa shape index (κ3) is 6.18. The van der Waals surface area contributed by atoms with E-state index in [1.54, 1.807) is 18.3 Å². The third-order valence-electron chi connectivity index (χ3n) is 6.76. The van der Waals surface area contributed by atoms with Gasteiger partial charge < -0.3 is 4.74 Å². The summed E-state index contributed by atoms with van der Waals surface area (Å²) in [6.07, 6.45) is 3.52. The molecule has 0 atom stereocenters. The van der Waals surface area contributed by atoms with Crippen LogP contribution in [0, 0.1) is 0 Å². The van der Waals surface area contributed by atoms with E-state index in [-0.39, 0.29) is 5.91 Å². The van der Waals surface area contributed by atoms with Crippen LogP contribution < -0.4 is 10.2 Å². The molecule has 0 saturated carbocycles. The van der Waals surface area contributed by atoms with Crippen molar-refractivity contribution >= 4 is 12.1 Å². The van der Waals surface area contributed by atoms with Gasteiger partial charge in [0.1, 0.15) is 18.1 Å². The molecule has 1 amide bonds. The lowest BCUT2D eigenvalue weighted by atomic mass is 10.0. The molecule has 0 bridgehead atoms. The van der Waals surface area contributed by atoms with Gasteiger partial charge in [-0.1, -0.05) is 109 Å². The van der Waals surface area contributed by atoms with E-state index in [1.807, 2.05) is 126 Å². The highest BCUT2D eigenvalue weighted by atomic mass is 16.5. The molecular weight excluding hydrogens is 520 g/mol. The van der Waals surface area contributed by atoms with Gasteiger partial charge in [0.05, 0.1) is 11.9 Å². The van der Waals surface area contributed by atoms with Crippen LogP contribution in [-0.4, -0.2) is 21.9 Å². The topological polar surface area (TPSA) is 68.5 Å². The molecule has 6 aromatic rings. The number of hydrazone groups is 1. The summed E-state index contributed by atoms with van der Waals surface area (Å²) in [4.78, 5) is 12.8. The first-order valence-electron chi connectivity index (χ1n) is 13.6. The van der Waals surface area contributed by atoms with E-state index in [2.05, 4.69) is 22.7 Å². The number of ether oxygens (including phenoxy) is 1. The van der Waals surface area contributed by atoms with Crippen molar-refractivity contribution in [3.63, 3.8) is 0 Å². The molecule has 1 aromatic heterocycles. The monoisotopic (exact) mass is 548 g/mol. The summed E-state index contributed by atoms with van der Waals surface area (Å²) < 4.78 is 7.95. The first-order valence-corrected chi connectivity index (χ1v) is 13.6. The molecule has 0 aliphatic carbocycles. The highest BCUT2D eigenvalue weighted by Gasteiger charge is 2.12. The number of nitrogens with zero attached hydrogens (tertiary/aromatic N) is 3. The minimum Gasteiger partial charge on any atom is -0.488 e. The molecule has 0 saturated heterocycles. The fourth-order valence-corrected chi connectivity index (χ4v) is 4.60. The van der Waals surface area contributed by atoms with Crippen molar-refractivity contribution in [2.75, 3.05) is 0 Å². The summed E-state index contributed by atoms with van der Waals surface area (Å²) in [6, 6.07) is 45.2. The quantitative estimate of drug-likeness (QED) is 0.150. The zero-order valence-electron chi connectivity index (χ0n) is 22.8. The van der Waals surface area contributed by atoms with Crippen LogP contribution in [-0.2, 0) is 6.61 Å². The molecule has 0 fully saturated rings. The summed E-state index contributed by atoms with van der Waals surface area (Å²) in [5.74, 6) is 0.509. The number of para-hydroxylation sites is 2. The standard InChI is InChI=1S/C36H28N4O2/c41-36(30-22-20-27(21-23-30)26-42-34-19-11-10-18-33(34)28-12-4-1-5-13-28)38-37-24-31-25-40(32-16-8-3-9-17-32)39-35(31)29-14-6-2-7-15-29/h1-25H,26H2,(H,38,41)/b37-24+. The van der Waals surface area contributed by atoms with Crippen molar-refractivity contribution in [3.8, 4) is 33.8 Å². The zero-order chi connectivity index (χ0) is 28.6. The molecule has 5 aromatic carbocycles. The Morgan fingerprint density at radius 2 is 1.36 bits per heavy atom. The summed E-state index contributed by atoms with van der Waals surface area (Å²) in [7, 11) is 0. The molecule has 6 heteroatoms. The molecule has 0 spiro atoms. The summed E-state index contributed by atoms with van der Waals surface area (Å²) in [5, 5.41) is 9.02. The van der Waals surface area contributed by atoms with Gasteiger partial charge in [0.2, 0.25) is 0 Å². The Morgan fingerprint density at radius 1 is 0.738 bits per heavy atom. The molecule has 0 aliphatic rings. The van der Waals surface area contributed by atoms with E-state index in [0.29, 0.717) is 12.2 Å². The normalized spacial score (nSPS) is 11.0. The minimum absolute atomic E-state index is 0.301. The molecule has 1 heterocycles. The van der Waals surface area contributed by atoms with E-state index in [9.17, 15) is 4.79 Å². The number of hydrogen-bond donors (Lipinski definition) is 1. The second kappa shape index (κ2) is 12.6. The lowest BCUT2D eigenvalue weighted by molar-refractivity contribution is 0.0955. The average Bonchev–Trinajstić information content (AvgIpc) is 3.49. The largest absolute Gasteiger partial charge is 0.488 e. The van der Waals surface area contributed by atoms with E-state index < -0.39 is 0 Å². The Hall–Kier alpha value is -5.75. The van der Waals surface area contributed by atoms with Crippen LogP contribution in [0.1, 0.15) is 21.5 Å². The average molecular weight is 549 g/mol. The van der Waals surface area contributed by atoms with E-state index in [4.69, 9.17) is 9.84 Å². The predicted octanol–water partition coefficient (Wildman–Crippen LogP) is 7.55. The smallest absolute Gasteiger partial charge is 0.271 e. The number of carbonyl (C=O) groups excluding carboxylic acids is 1. The second-order valence-corrected chi connectivity index (χ2v) is 9.63. The van der Waals surface area contributed by atoms with E-state index in [0.717, 1.165) is 44.9 Å². The number of amides is 1. The Labute approximate surface area is 244 Å². The van der Waals surface area contributed by atoms with Gasteiger partial charge in [-0.15, -0.1) is 0 Å². The van der Waals surface area contributed by atoms with Crippen molar-refractivity contribution in [2.24, 2.45) is 5.10 Å². The molecule has 6 nitrogen and oxygen atoms in total. The van der Waals surface area contributed by atoms with Crippen molar-refractivity contribution in [3.05, 3.63) is 162 Å². The fraction of sp³-hybridized carbons (Fsp3) is 0.0278. The number of aromatic nitrogens is 2. The molecule has 6 rings (SSSR count). The van der Waals surface area contributed by atoms with Crippen molar-refractivity contribution in [2.45, 2.75) is 6.61 Å². The van der Waals surface area contributed by atoms with Gasteiger partial charge in [-0.25, -0.2) is 10.1 Å². The number of rotatable bonds is 9. The first kappa shape index (κ1) is 26.5. The SMILES string of the molecule is O=C(N/N=C/c1cn(-c2ccccc2)nc1-c1ccccc1)c1ccc(COc2ccccc2-c2ccccc2)cc1. The highest BCUT2D eigenvalue weighted by Crippen LogP contribution is 2.30. The summed E-state index contributed by atoms with van der Waals surface area (Å²) >= 11 is 0. The van der Waals surface area contributed by atoms with Crippen LogP contribution in [0.2, 0.25) is 0 Å². The van der Waals surface area contributed by atoms with Gasteiger partial charge in [0.25, 0.3) is 5.91 Å². The van der Waals surface area contributed by atoms with Gasteiger partial charge >= 0.3 is 0 Å². The maximum absolute atomic E-state index is 12.8. The molecule has 42 heavy (non-hydrogen) atoms. The van der Waals surface area contributed by atoms with Crippen LogP contribution in [0.15, 0.2) is 151 Å². The Kier molecular flexibility index (Phi) is 7.95. The second-order valence-electron chi connectivity index (χ2n) is 9.63. The lowest BCUT2D eigenvalue weighted by Gasteiger charge is -2.12. The van der Waals surface area contributed by atoms with Gasteiger partial charge in [-0.3, -0.25) is 4.79 Å². The summed E-state index contributed by atoms with van der Waals surface area (Å²) in [6.45, 7) is 0.386. The molecule has 0 unspecified atom stereocenters. The van der Waals surface area contributed by atoms with Crippen LogP contribution in [0.5, 0.6) is 5.75 Å². The van der Waals surface area contributed by atoms with E-state index >= 15 is 0 Å². The molecule has 204 valence electrons. The van der Waals surface area contributed by atoms with Crippen molar-refractivity contribution in [1.29, 1.82) is 0 Å². The Bertz CT molecular complexity index is 1800. The van der Waals surface area contributed by atoms with Crippen LogP contribution >= 0.6 is 0 Å². The maximum Gasteiger partial charge on any atom is 0.271 e. The Morgan fingerprint density at radius 3 is 2.07 bits per heavy atom.